The minimum absolute atomic E-state index is 0.0669. The molecule has 25 heavy (non-hydrogen) atoms. The molecule has 0 saturated carbocycles. The van der Waals surface area contributed by atoms with E-state index in [-0.39, 0.29) is 11.4 Å². The molecule has 5 nitrogen and oxygen atoms in total. The average molecular weight is 372 g/mol. The molecule has 0 aliphatic heterocycles. The summed E-state index contributed by atoms with van der Waals surface area (Å²) in [6.07, 6.45) is -4.44. The van der Waals surface area contributed by atoms with Crippen LogP contribution in [-0.4, -0.2) is 14.4 Å². The van der Waals surface area contributed by atoms with Crippen molar-refractivity contribution in [3.05, 3.63) is 65.2 Å². The molecule has 2 N–H and O–H groups in total. The predicted molar refractivity (Wildman–Crippen MR) is 85.2 cm³/mol. The molecule has 0 aliphatic carbocycles. The summed E-state index contributed by atoms with van der Waals surface area (Å²) in [6, 6.07) is 9.12. The molecule has 0 aliphatic rings. The van der Waals surface area contributed by atoms with Gasteiger partial charge < -0.3 is 5.32 Å². The van der Waals surface area contributed by atoms with Gasteiger partial charge in [-0.05, 0) is 36.8 Å². The smallest absolute Gasteiger partial charge is 0.333 e. The number of alkyl halides is 3. The van der Waals surface area contributed by atoms with Crippen LogP contribution in [0.3, 0.4) is 0 Å². The van der Waals surface area contributed by atoms with Crippen molar-refractivity contribution in [1.82, 2.24) is 10.0 Å². The second kappa shape index (κ2) is 7.14. The van der Waals surface area contributed by atoms with Gasteiger partial charge in [0.25, 0.3) is 10.0 Å². The van der Waals surface area contributed by atoms with Gasteiger partial charge in [0, 0.05) is 6.54 Å². The number of nitrogens with one attached hydrogen (secondary N) is 2. The maximum atomic E-state index is 12.5. The van der Waals surface area contributed by atoms with Crippen LogP contribution in [0.2, 0.25) is 0 Å². The van der Waals surface area contributed by atoms with E-state index in [9.17, 15) is 26.4 Å². The van der Waals surface area contributed by atoms with E-state index in [4.69, 9.17) is 0 Å². The lowest BCUT2D eigenvalue weighted by atomic mass is 10.1. The molecule has 0 saturated heterocycles. The van der Waals surface area contributed by atoms with Gasteiger partial charge in [-0.1, -0.05) is 29.8 Å². The fraction of sp³-hybridized carbons (Fsp3) is 0.188. The van der Waals surface area contributed by atoms with Gasteiger partial charge in [-0.25, -0.2) is 17.9 Å². The Kier molecular flexibility index (Phi) is 5.36. The maximum absolute atomic E-state index is 12.5. The van der Waals surface area contributed by atoms with Gasteiger partial charge in [-0.2, -0.15) is 13.2 Å². The molecule has 0 atom stereocenters. The van der Waals surface area contributed by atoms with Crippen molar-refractivity contribution in [2.75, 3.05) is 0 Å². The zero-order chi connectivity index (χ0) is 18.7. The van der Waals surface area contributed by atoms with Crippen LogP contribution >= 0.6 is 0 Å². The number of hydrogen-bond acceptors (Lipinski definition) is 3. The number of amides is 2. The highest BCUT2D eigenvalue weighted by Gasteiger charge is 2.29. The minimum Gasteiger partial charge on any atom is -0.333 e. The Morgan fingerprint density at radius 1 is 1.00 bits per heavy atom. The van der Waals surface area contributed by atoms with Crippen LogP contribution in [0.15, 0.2) is 53.4 Å². The van der Waals surface area contributed by atoms with E-state index >= 15 is 0 Å². The zero-order valence-electron chi connectivity index (χ0n) is 13.1. The summed E-state index contributed by atoms with van der Waals surface area (Å²) in [4.78, 5) is 11.7. The molecule has 2 amide bonds. The Morgan fingerprint density at radius 2 is 1.56 bits per heavy atom. The first-order valence-corrected chi connectivity index (χ1v) is 8.60. The van der Waals surface area contributed by atoms with Gasteiger partial charge in [0.1, 0.15) is 0 Å². The summed E-state index contributed by atoms with van der Waals surface area (Å²) in [7, 11) is -4.02. The molecular weight excluding hydrogens is 357 g/mol. The number of carbonyl (C=O) groups is 1. The lowest BCUT2D eigenvalue weighted by molar-refractivity contribution is -0.137. The summed E-state index contributed by atoms with van der Waals surface area (Å²) < 4.78 is 63.3. The Balaban J connectivity index is 1.95. The number of aryl methyl sites for hydroxylation is 1. The van der Waals surface area contributed by atoms with Crippen LogP contribution in [0.4, 0.5) is 18.0 Å². The number of rotatable bonds is 4. The topological polar surface area (TPSA) is 75.3 Å². The quantitative estimate of drug-likeness (QED) is 0.865. The zero-order valence-corrected chi connectivity index (χ0v) is 13.9. The highest BCUT2D eigenvalue weighted by molar-refractivity contribution is 7.90. The Labute approximate surface area is 142 Å². The van der Waals surface area contributed by atoms with E-state index < -0.39 is 27.8 Å². The molecule has 0 aromatic heterocycles. The van der Waals surface area contributed by atoms with Gasteiger partial charge in [0.05, 0.1) is 10.5 Å². The van der Waals surface area contributed by atoms with E-state index in [1.165, 1.54) is 24.3 Å². The molecule has 0 heterocycles. The van der Waals surface area contributed by atoms with Crippen LogP contribution in [0.25, 0.3) is 0 Å². The third-order valence-electron chi connectivity index (χ3n) is 3.29. The molecule has 0 fully saturated rings. The second-order valence-electron chi connectivity index (χ2n) is 5.30. The van der Waals surface area contributed by atoms with Gasteiger partial charge >= 0.3 is 12.2 Å². The second-order valence-corrected chi connectivity index (χ2v) is 6.98. The SMILES string of the molecule is Cc1ccc(S(=O)(=O)NC(=O)NCc2ccc(C(F)(F)F)cc2)cc1. The van der Waals surface area contributed by atoms with Crippen molar-refractivity contribution in [2.24, 2.45) is 0 Å². The first kappa shape index (κ1) is 18.8. The first-order chi connectivity index (χ1) is 11.6. The summed E-state index contributed by atoms with van der Waals surface area (Å²) in [6.45, 7) is 1.67. The van der Waals surface area contributed by atoms with Crippen LogP contribution in [0.5, 0.6) is 0 Å². The Bertz CT molecular complexity index is 846. The van der Waals surface area contributed by atoms with Crippen LogP contribution in [0.1, 0.15) is 16.7 Å². The molecule has 9 heteroatoms. The molecule has 2 rings (SSSR count). The molecule has 0 radical (unpaired) electrons. The van der Waals surface area contributed by atoms with E-state index in [1.54, 1.807) is 19.1 Å². The summed E-state index contributed by atoms with van der Waals surface area (Å²) in [5.41, 5.74) is 0.462. The van der Waals surface area contributed by atoms with E-state index in [0.29, 0.717) is 5.56 Å². The van der Waals surface area contributed by atoms with Crippen LogP contribution < -0.4 is 10.0 Å². The third kappa shape index (κ3) is 5.21. The van der Waals surface area contributed by atoms with Gasteiger partial charge in [-0.3, -0.25) is 0 Å². The number of sulfonamides is 1. The van der Waals surface area contributed by atoms with Crippen molar-refractivity contribution >= 4 is 16.1 Å². The average Bonchev–Trinajstić information content (AvgIpc) is 2.52. The van der Waals surface area contributed by atoms with Crippen molar-refractivity contribution in [1.29, 1.82) is 0 Å². The molecule has 2 aromatic rings. The number of urea groups is 1. The Morgan fingerprint density at radius 3 is 2.08 bits per heavy atom. The number of halogens is 3. The fourth-order valence-electron chi connectivity index (χ4n) is 1.93. The highest BCUT2D eigenvalue weighted by Crippen LogP contribution is 2.29. The largest absolute Gasteiger partial charge is 0.416 e. The van der Waals surface area contributed by atoms with Crippen LogP contribution in [-0.2, 0) is 22.7 Å². The summed E-state index contributed by atoms with van der Waals surface area (Å²) in [5.74, 6) is 0. The number of hydrogen-bond donors (Lipinski definition) is 2. The number of benzene rings is 2. The van der Waals surface area contributed by atoms with Crippen molar-refractivity contribution in [3.63, 3.8) is 0 Å². The highest BCUT2D eigenvalue weighted by atomic mass is 32.2. The van der Waals surface area contributed by atoms with Gasteiger partial charge in [0.2, 0.25) is 0 Å². The van der Waals surface area contributed by atoms with E-state index in [0.717, 1.165) is 17.7 Å². The minimum atomic E-state index is -4.44. The molecule has 2 aromatic carbocycles. The van der Waals surface area contributed by atoms with Crippen molar-refractivity contribution in [3.8, 4) is 0 Å². The maximum Gasteiger partial charge on any atom is 0.416 e. The normalized spacial score (nSPS) is 11.8. The van der Waals surface area contributed by atoms with Crippen molar-refractivity contribution in [2.45, 2.75) is 24.5 Å². The number of carbonyl (C=O) groups excluding carboxylic acids is 1. The van der Waals surface area contributed by atoms with Crippen molar-refractivity contribution < 1.29 is 26.4 Å². The first-order valence-electron chi connectivity index (χ1n) is 7.11. The molecular formula is C16H15F3N2O3S. The molecule has 0 unspecified atom stereocenters. The Hall–Kier alpha value is -2.55. The molecule has 0 bridgehead atoms. The standard InChI is InChI=1S/C16H15F3N2O3S/c1-11-2-8-14(9-3-11)25(23,24)21-15(22)20-10-12-4-6-13(7-5-12)16(17,18)19/h2-9H,10H2,1H3,(H2,20,21,22). The van der Waals surface area contributed by atoms with Crippen LogP contribution in [0, 0.1) is 6.92 Å². The fourth-order valence-corrected chi connectivity index (χ4v) is 2.86. The van der Waals surface area contributed by atoms with E-state index in [1.807, 2.05) is 4.72 Å². The third-order valence-corrected chi connectivity index (χ3v) is 4.64. The van der Waals surface area contributed by atoms with E-state index in [2.05, 4.69) is 5.32 Å². The molecule has 134 valence electrons. The van der Waals surface area contributed by atoms with Gasteiger partial charge in [-0.15, -0.1) is 0 Å². The predicted octanol–water partition coefficient (Wildman–Crippen LogP) is 3.20. The monoisotopic (exact) mass is 372 g/mol. The lowest BCUT2D eigenvalue weighted by Crippen LogP contribution is -2.39. The summed E-state index contributed by atoms with van der Waals surface area (Å²) in [5, 5.41) is 2.28. The lowest BCUT2D eigenvalue weighted by Gasteiger charge is -2.10. The summed E-state index contributed by atoms with van der Waals surface area (Å²) >= 11 is 0. The molecule has 0 spiro atoms. The van der Waals surface area contributed by atoms with Gasteiger partial charge in [0.15, 0.2) is 0 Å².